The lowest BCUT2D eigenvalue weighted by Crippen LogP contribution is -2.38. The Labute approximate surface area is 128 Å². The fourth-order valence-electron chi connectivity index (χ4n) is 2.09. The van der Waals surface area contributed by atoms with E-state index in [0.717, 1.165) is 5.56 Å². The zero-order valence-corrected chi connectivity index (χ0v) is 12.4. The highest BCUT2D eigenvalue weighted by Gasteiger charge is 2.17. The molecule has 0 spiro atoms. The number of benzene rings is 1. The van der Waals surface area contributed by atoms with E-state index in [0.29, 0.717) is 0 Å². The maximum atomic E-state index is 12.0. The van der Waals surface area contributed by atoms with Crippen molar-refractivity contribution < 1.29 is 14.7 Å². The average Bonchev–Trinajstić information content (AvgIpc) is 2.95. The van der Waals surface area contributed by atoms with Crippen molar-refractivity contribution >= 4 is 11.9 Å². The first-order valence-electron chi connectivity index (χ1n) is 6.95. The summed E-state index contributed by atoms with van der Waals surface area (Å²) in [6.07, 6.45) is 1.23. The average molecular weight is 302 g/mol. The fourth-order valence-corrected chi connectivity index (χ4v) is 2.09. The predicted octanol–water partition coefficient (Wildman–Crippen LogP) is 1.28. The summed E-state index contributed by atoms with van der Waals surface area (Å²) in [5.74, 6) is -1.25. The van der Waals surface area contributed by atoms with Crippen LogP contribution in [-0.4, -0.2) is 38.0 Å². The van der Waals surface area contributed by atoms with Gasteiger partial charge in [0.2, 0.25) is 5.91 Å². The van der Waals surface area contributed by atoms with E-state index < -0.39 is 5.97 Å². The standard InChI is InChI=1S/C15H18N4O3/c1-10(12-6-4-3-5-7-12)11(2)16-14(20)9-19-8-13(15(21)22)17-18-19/h3-8,10-11H,9H2,1-2H3,(H,16,20)(H,21,22). The molecule has 1 aromatic carbocycles. The number of amides is 1. The van der Waals surface area contributed by atoms with Gasteiger partial charge in [-0.25, -0.2) is 9.48 Å². The molecule has 7 nitrogen and oxygen atoms in total. The van der Waals surface area contributed by atoms with Gasteiger partial charge in [-0.1, -0.05) is 42.5 Å². The topological polar surface area (TPSA) is 97.1 Å². The minimum absolute atomic E-state index is 0.0580. The van der Waals surface area contributed by atoms with Crippen molar-refractivity contribution in [3.8, 4) is 0 Å². The van der Waals surface area contributed by atoms with Crippen LogP contribution in [0.3, 0.4) is 0 Å². The molecule has 0 fully saturated rings. The van der Waals surface area contributed by atoms with Gasteiger partial charge in [0.15, 0.2) is 5.69 Å². The molecule has 1 amide bonds. The molecule has 0 aliphatic heterocycles. The van der Waals surface area contributed by atoms with Gasteiger partial charge in [-0.15, -0.1) is 5.10 Å². The van der Waals surface area contributed by atoms with Crippen molar-refractivity contribution in [1.82, 2.24) is 20.3 Å². The molecule has 0 radical (unpaired) electrons. The maximum absolute atomic E-state index is 12.0. The maximum Gasteiger partial charge on any atom is 0.358 e. The summed E-state index contributed by atoms with van der Waals surface area (Å²) in [6.45, 7) is 3.91. The Morgan fingerprint density at radius 1 is 1.27 bits per heavy atom. The highest BCUT2D eigenvalue weighted by molar-refractivity contribution is 5.84. The van der Waals surface area contributed by atoms with E-state index in [9.17, 15) is 9.59 Å². The number of nitrogens with zero attached hydrogens (tertiary/aromatic N) is 3. The van der Waals surface area contributed by atoms with Crippen molar-refractivity contribution in [1.29, 1.82) is 0 Å². The lowest BCUT2D eigenvalue weighted by atomic mass is 9.94. The van der Waals surface area contributed by atoms with Crippen molar-refractivity contribution in [3.05, 3.63) is 47.8 Å². The number of nitrogens with one attached hydrogen (secondary N) is 1. The van der Waals surface area contributed by atoms with Crippen LogP contribution in [0.5, 0.6) is 0 Å². The van der Waals surface area contributed by atoms with Crippen LogP contribution in [0, 0.1) is 0 Å². The van der Waals surface area contributed by atoms with E-state index in [4.69, 9.17) is 5.11 Å². The van der Waals surface area contributed by atoms with Crippen LogP contribution in [0.15, 0.2) is 36.5 Å². The first-order valence-corrected chi connectivity index (χ1v) is 6.95. The Morgan fingerprint density at radius 2 is 1.95 bits per heavy atom. The largest absolute Gasteiger partial charge is 0.476 e. The summed E-state index contributed by atoms with van der Waals surface area (Å²) in [5.41, 5.74) is 0.961. The van der Waals surface area contributed by atoms with Crippen LogP contribution < -0.4 is 5.32 Å². The van der Waals surface area contributed by atoms with Crippen molar-refractivity contribution in [2.75, 3.05) is 0 Å². The summed E-state index contributed by atoms with van der Waals surface area (Å²) in [7, 11) is 0. The summed E-state index contributed by atoms with van der Waals surface area (Å²) >= 11 is 0. The second-order valence-electron chi connectivity index (χ2n) is 5.16. The number of aromatic nitrogens is 3. The number of hydrogen-bond acceptors (Lipinski definition) is 4. The molecule has 1 aromatic heterocycles. The molecule has 22 heavy (non-hydrogen) atoms. The van der Waals surface area contributed by atoms with Gasteiger partial charge >= 0.3 is 5.97 Å². The fraction of sp³-hybridized carbons (Fsp3) is 0.333. The van der Waals surface area contributed by atoms with E-state index in [1.54, 1.807) is 0 Å². The molecule has 1 heterocycles. The number of carboxylic acid groups (broad SMARTS) is 1. The summed E-state index contributed by atoms with van der Waals surface area (Å²) in [6, 6.07) is 9.85. The predicted molar refractivity (Wildman–Crippen MR) is 79.4 cm³/mol. The van der Waals surface area contributed by atoms with Gasteiger partial charge in [0.05, 0.1) is 6.20 Å². The first-order chi connectivity index (χ1) is 10.5. The molecule has 2 rings (SSSR count). The molecule has 2 unspecified atom stereocenters. The van der Waals surface area contributed by atoms with Gasteiger partial charge in [0.25, 0.3) is 0 Å². The zero-order valence-electron chi connectivity index (χ0n) is 12.4. The van der Waals surface area contributed by atoms with E-state index in [-0.39, 0.29) is 30.1 Å². The highest BCUT2D eigenvalue weighted by Crippen LogP contribution is 2.18. The van der Waals surface area contributed by atoms with Gasteiger partial charge in [-0.2, -0.15) is 0 Å². The summed E-state index contributed by atoms with van der Waals surface area (Å²) in [4.78, 5) is 22.7. The van der Waals surface area contributed by atoms with Gasteiger partial charge in [-0.3, -0.25) is 4.79 Å². The molecule has 2 N–H and O–H groups in total. The van der Waals surface area contributed by atoms with Crippen molar-refractivity contribution in [2.24, 2.45) is 0 Å². The number of carboxylic acids is 1. The zero-order chi connectivity index (χ0) is 16.1. The third kappa shape index (κ3) is 3.91. The smallest absolute Gasteiger partial charge is 0.358 e. The number of rotatable bonds is 6. The van der Waals surface area contributed by atoms with Crippen LogP contribution in [0.1, 0.15) is 35.8 Å². The second kappa shape index (κ2) is 6.84. The van der Waals surface area contributed by atoms with Gasteiger partial charge in [-0.05, 0) is 12.5 Å². The Morgan fingerprint density at radius 3 is 2.55 bits per heavy atom. The number of aromatic carboxylic acids is 1. The van der Waals surface area contributed by atoms with Gasteiger partial charge in [0, 0.05) is 12.0 Å². The van der Waals surface area contributed by atoms with E-state index in [2.05, 4.69) is 15.6 Å². The van der Waals surface area contributed by atoms with Crippen molar-refractivity contribution in [3.63, 3.8) is 0 Å². The molecule has 7 heteroatoms. The lowest BCUT2D eigenvalue weighted by molar-refractivity contribution is -0.122. The monoisotopic (exact) mass is 302 g/mol. The summed E-state index contributed by atoms with van der Waals surface area (Å²) < 4.78 is 1.21. The van der Waals surface area contributed by atoms with Crippen LogP contribution in [0.25, 0.3) is 0 Å². The Bertz CT molecular complexity index is 654. The number of carbonyl (C=O) groups is 2. The molecular weight excluding hydrogens is 284 g/mol. The first kappa shape index (κ1) is 15.7. The molecular formula is C15H18N4O3. The van der Waals surface area contributed by atoms with E-state index >= 15 is 0 Å². The van der Waals surface area contributed by atoms with Crippen molar-refractivity contribution in [2.45, 2.75) is 32.4 Å². The minimum atomic E-state index is -1.17. The Balaban J connectivity index is 1.92. The lowest BCUT2D eigenvalue weighted by Gasteiger charge is -2.21. The Hall–Kier alpha value is -2.70. The molecule has 0 saturated carbocycles. The molecule has 2 aromatic rings. The minimum Gasteiger partial charge on any atom is -0.476 e. The molecule has 2 atom stereocenters. The quantitative estimate of drug-likeness (QED) is 0.838. The van der Waals surface area contributed by atoms with E-state index in [1.807, 2.05) is 44.2 Å². The van der Waals surface area contributed by atoms with Gasteiger partial charge in [0.1, 0.15) is 6.54 Å². The van der Waals surface area contributed by atoms with Crippen LogP contribution in [-0.2, 0) is 11.3 Å². The molecule has 116 valence electrons. The molecule has 0 saturated heterocycles. The molecule has 0 bridgehead atoms. The van der Waals surface area contributed by atoms with Crippen LogP contribution >= 0.6 is 0 Å². The Kier molecular flexibility index (Phi) is 4.88. The SMILES string of the molecule is CC(NC(=O)Cn1cc(C(=O)O)nn1)C(C)c1ccccc1. The number of carbonyl (C=O) groups excluding carboxylic acids is 1. The molecule has 0 aliphatic rings. The van der Waals surface area contributed by atoms with Crippen LogP contribution in [0.4, 0.5) is 0 Å². The third-order valence-corrected chi connectivity index (χ3v) is 3.53. The summed E-state index contributed by atoms with van der Waals surface area (Å²) in [5, 5.41) is 18.7. The van der Waals surface area contributed by atoms with Gasteiger partial charge < -0.3 is 10.4 Å². The third-order valence-electron chi connectivity index (χ3n) is 3.53. The molecule has 0 aliphatic carbocycles. The second-order valence-corrected chi connectivity index (χ2v) is 5.16. The normalized spacial score (nSPS) is 13.4. The highest BCUT2D eigenvalue weighted by atomic mass is 16.4. The van der Waals surface area contributed by atoms with Crippen LogP contribution in [0.2, 0.25) is 0 Å². The van der Waals surface area contributed by atoms with E-state index in [1.165, 1.54) is 10.9 Å². The number of hydrogen-bond donors (Lipinski definition) is 2.